The largest absolute Gasteiger partial charge is 0.493 e. The van der Waals surface area contributed by atoms with Crippen LogP contribution in [-0.2, 0) is 6.42 Å². The number of ether oxygens (including phenoxy) is 2. The number of H-pyrrole nitrogens is 1. The number of halogens is 1. The van der Waals surface area contributed by atoms with Crippen LogP contribution < -0.4 is 15.0 Å². The van der Waals surface area contributed by atoms with Crippen molar-refractivity contribution in [2.75, 3.05) is 13.7 Å². The van der Waals surface area contributed by atoms with E-state index in [4.69, 9.17) is 9.47 Å². The summed E-state index contributed by atoms with van der Waals surface area (Å²) in [5.41, 5.74) is 2.49. The minimum Gasteiger partial charge on any atom is -0.493 e. The number of hydrogen-bond acceptors (Lipinski definition) is 5. The van der Waals surface area contributed by atoms with E-state index in [2.05, 4.69) is 15.0 Å². The summed E-state index contributed by atoms with van der Waals surface area (Å²) in [5.74, 6) is 2.49. The number of aromatic nitrogens is 4. The molecule has 1 aromatic carbocycles. The maximum Gasteiger partial charge on any atom is 0.258 e. The topological polar surface area (TPSA) is 82.0 Å². The van der Waals surface area contributed by atoms with Gasteiger partial charge in [-0.05, 0) is 43.2 Å². The molecule has 0 saturated heterocycles. The summed E-state index contributed by atoms with van der Waals surface area (Å²) in [4.78, 5) is 24.5. The SMILES string of the molecule is CCOc1cc2c(=O)[nH]c(Cc3ccc(-n4ccc(C)c4)nc3)nc2cc1OC.Cl. The predicted octanol–water partition coefficient (Wildman–Crippen LogP) is 3.84. The van der Waals surface area contributed by atoms with Gasteiger partial charge in [0.15, 0.2) is 11.5 Å². The normalized spacial score (nSPS) is 10.6. The van der Waals surface area contributed by atoms with E-state index in [9.17, 15) is 4.79 Å². The monoisotopic (exact) mass is 426 g/mol. The minimum atomic E-state index is -0.207. The highest BCUT2D eigenvalue weighted by atomic mass is 35.5. The molecule has 3 aromatic heterocycles. The fourth-order valence-corrected chi connectivity index (χ4v) is 3.22. The first-order chi connectivity index (χ1) is 14.1. The van der Waals surface area contributed by atoms with Gasteiger partial charge in [0.2, 0.25) is 0 Å². The van der Waals surface area contributed by atoms with Crippen molar-refractivity contribution in [2.45, 2.75) is 20.3 Å². The Morgan fingerprint density at radius 3 is 2.63 bits per heavy atom. The number of nitrogens with one attached hydrogen (secondary N) is 1. The van der Waals surface area contributed by atoms with E-state index in [0.29, 0.717) is 41.3 Å². The van der Waals surface area contributed by atoms with E-state index in [1.807, 2.05) is 49.0 Å². The maximum absolute atomic E-state index is 12.6. The Balaban J connectivity index is 0.00000256. The van der Waals surface area contributed by atoms with Gasteiger partial charge >= 0.3 is 0 Å². The van der Waals surface area contributed by atoms with Crippen LogP contribution in [0.1, 0.15) is 23.9 Å². The standard InChI is InChI=1S/C22H22N4O3.ClH/c1-4-29-19-10-16-17(11-18(19)28-3)24-20(25-22(16)27)9-15-5-6-21(23-12-15)26-8-7-14(2)13-26;/h5-8,10-13H,4,9H2,1-3H3,(H,24,25,27);1H. The first-order valence-corrected chi connectivity index (χ1v) is 9.41. The van der Waals surface area contributed by atoms with Gasteiger partial charge in [-0.25, -0.2) is 9.97 Å². The molecule has 0 aliphatic carbocycles. The molecule has 0 saturated carbocycles. The molecule has 3 heterocycles. The second-order valence-corrected chi connectivity index (χ2v) is 6.76. The molecule has 0 radical (unpaired) electrons. The van der Waals surface area contributed by atoms with E-state index in [1.165, 1.54) is 5.56 Å². The number of pyridine rings is 1. The number of hydrogen-bond donors (Lipinski definition) is 1. The number of fused-ring (bicyclic) bond motifs is 1. The highest BCUT2D eigenvalue weighted by Gasteiger charge is 2.12. The fraction of sp³-hybridized carbons (Fsp3) is 0.227. The molecule has 1 N–H and O–H groups in total. The Morgan fingerprint density at radius 2 is 2.00 bits per heavy atom. The molecule has 4 rings (SSSR count). The number of rotatable bonds is 6. The number of nitrogens with zero attached hydrogens (tertiary/aromatic N) is 3. The molecule has 30 heavy (non-hydrogen) atoms. The minimum absolute atomic E-state index is 0. The zero-order valence-corrected chi connectivity index (χ0v) is 17.8. The molecule has 8 heteroatoms. The molecule has 0 aliphatic rings. The van der Waals surface area contributed by atoms with Crippen LogP contribution in [0.4, 0.5) is 0 Å². The van der Waals surface area contributed by atoms with Crippen LogP contribution in [0.2, 0.25) is 0 Å². The third-order valence-electron chi connectivity index (χ3n) is 4.63. The average molecular weight is 427 g/mol. The van der Waals surface area contributed by atoms with Crippen molar-refractivity contribution in [1.29, 1.82) is 0 Å². The summed E-state index contributed by atoms with van der Waals surface area (Å²) < 4.78 is 12.9. The zero-order chi connectivity index (χ0) is 20.4. The summed E-state index contributed by atoms with van der Waals surface area (Å²) >= 11 is 0. The van der Waals surface area contributed by atoms with Gasteiger partial charge in [0.1, 0.15) is 11.6 Å². The molecule has 156 valence electrons. The average Bonchev–Trinajstić information content (AvgIpc) is 3.15. The molecule has 0 aliphatic heterocycles. The van der Waals surface area contributed by atoms with Crippen molar-refractivity contribution < 1.29 is 9.47 Å². The highest BCUT2D eigenvalue weighted by Crippen LogP contribution is 2.30. The molecule has 0 unspecified atom stereocenters. The van der Waals surface area contributed by atoms with Crippen molar-refractivity contribution in [3.8, 4) is 17.3 Å². The lowest BCUT2D eigenvalue weighted by atomic mass is 10.1. The van der Waals surface area contributed by atoms with Crippen LogP contribution in [-0.4, -0.2) is 33.2 Å². The van der Waals surface area contributed by atoms with Crippen molar-refractivity contribution in [2.24, 2.45) is 0 Å². The molecule has 0 bridgehead atoms. The molecule has 0 spiro atoms. The van der Waals surface area contributed by atoms with Crippen molar-refractivity contribution in [3.63, 3.8) is 0 Å². The third-order valence-corrected chi connectivity index (χ3v) is 4.63. The summed E-state index contributed by atoms with van der Waals surface area (Å²) in [6.45, 7) is 4.40. The van der Waals surface area contributed by atoms with Crippen LogP contribution in [0, 0.1) is 6.92 Å². The van der Waals surface area contributed by atoms with Gasteiger partial charge in [0, 0.05) is 31.1 Å². The van der Waals surface area contributed by atoms with Gasteiger partial charge in [0.05, 0.1) is 24.6 Å². The molecule has 7 nitrogen and oxygen atoms in total. The number of aromatic amines is 1. The first-order valence-electron chi connectivity index (χ1n) is 9.41. The summed E-state index contributed by atoms with van der Waals surface area (Å²) in [6, 6.07) is 9.37. The number of aryl methyl sites for hydroxylation is 1. The van der Waals surface area contributed by atoms with Crippen molar-refractivity contribution >= 4 is 23.3 Å². The Morgan fingerprint density at radius 1 is 1.17 bits per heavy atom. The van der Waals surface area contributed by atoms with Gasteiger partial charge in [-0.15, -0.1) is 12.4 Å². The molecule has 0 amide bonds. The second kappa shape index (κ2) is 9.00. The maximum atomic E-state index is 12.6. The van der Waals surface area contributed by atoms with Gasteiger partial charge in [0.25, 0.3) is 5.56 Å². The molecular weight excluding hydrogens is 404 g/mol. The predicted molar refractivity (Wildman–Crippen MR) is 118 cm³/mol. The molecule has 0 fully saturated rings. The lowest BCUT2D eigenvalue weighted by molar-refractivity contribution is 0.311. The molecule has 4 aromatic rings. The van der Waals surface area contributed by atoms with E-state index in [-0.39, 0.29) is 18.0 Å². The smallest absolute Gasteiger partial charge is 0.258 e. The van der Waals surface area contributed by atoms with Crippen LogP contribution in [0.25, 0.3) is 16.7 Å². The van der Waals surface area contributed by atoms with Gasteiger partial charge < -0.3 is 19.0 Å². The summed E-state index contributed by atoms with van der Waals surface area (Å²) in [6.07, 6.45) is 6.27. The van der Waals surface area contributed by atoms with E-state index in [1.54, 1.807) is 25.4 Å². The van der Waals surface area contributed by atoms with Gasteiger partial charge in [-0.2, -0.15) is 0 Å². The summed E-state index contributed by atoms with van der Waals surface area (Å²) in [5, 5.41) is 0.467. The number of methoxy groups -OCH3 is 1. The Hall–Kier alpha value is -3.32. The molecular formula is C22H23ClN4O3. The van der Waals surface area contributed by atoms with Crippen LogP contribution in [0.3, 0.4) is 0 Å². The first kappa shape index (κ1) is 21.4. The fourth-order valence-electron chi connectivity index (χ4n) is 3.22. The van der Waals surface area contributed by atoms with Crippen LogP contribution in [0.15, 0.2) is 53.7 Å². The van der Waals surface area contributed by atoms with Crippen LogP contribution in [0.5, 0.6) is 11.5 Å². The molecule has 0 atom stereocenters. The third kappa shape index (κ3) is 4.31. The Labute approximate surface area is 180 Å². The lowest BCUT2D eigenvalue weighted by Crippen LogP contribution is -2.13. The van der Waals surface area contributed by atoms with E-state index >= 15 is 0 Å². The van der Waals surface area contributed by atoms with Gasteiger partial charge in [-0.3, -0.25) is 4.79 Å². The Kier molecular flexibility index (Phi) is 6.42. The number of benzene rings is 1. The Bertz CT molecular complexity index is 1220. The highest BCUT2D eigenvalue weighted by molar-refractivity contribution is 5.85. The van der Waals surface area contributed by atoms with E-state index in [0.717, 1.165) is 11.4 Å². The quantitative estimate of drug-likeness (QED) is 0.506. The summed E-state index contributed by atoms with van der Waals surface area (Å²) in [7, 11) is 1.57. The second-order valence-electron chi connectivity index (χ2n) is 6.76. The van der Waals surface area contributed by atoms with Crippen LogP contribution >= 0.6 is 12.4 Å². The zero-order valence-electron chi connectivity index (χ0n) is 17.0. The van der Waals surface area contributed by atoms with Gasteiger partial charge in [-0.1, -0.05) is 6.07 Å². The van der Waals surface area contributed by atoms with Crippen molar-refractivity contribution in [1.82, 2.24) is 19.5 Å². The van der Waals surface area contributed by atoms with E-state index < -0.39 is 0 Å². The lowest BCUT2D eigenvalue weighted by Gasteiger charge is -2.11. The van der Waals surface area contributed by atoms with Crippen molar-refractivity contribution in [3.05, 3.63) is 76.2 Å².